The number of allylic oxidation sites excluding steroid dienone is 1. The minimum absolute atomic E-state index is 0. The molecule has 1 heterocycles. The fourth-order valence-electron chi connectivity index (χ4n) is 3.16. The molecule has 0 aromatic heterocycles. The van der Waals surface area contributed by atoms with Gasteiger partial charge in [0.2, 0.25) is 0 Å². The van der Waals surface area contributed by atoms with E-state index in [4.69, 9.17) is 9.47 Å². The van der Waals surface area contributed by atoms with Crippen molar-refractivity contribution in [2.45, 2.75) is 46.8 Å². The van der Waals surface area contributed by atoms with E-state index in [9.17, 15) is 9.59 Å². The van der Waals surface area contributed by atoms with E-state index in [1.54, 1.807) is 45.9 Å². The molecule has 1 aromatic carbocycles. The lowest BCUT2D eigenvalue weighted by Gasteiger charge is -2.30. The van der Waals surface area contributed by atoms with Crippen LogP contribution in [-0.4, -0.2) is 24.7 Å². The molecular weight excluding hydrogens is 476 g/mol. The van der Waals surface area contributed by atoms with E-state index in [2.05, 4.69) is 93.5 Å². The van der Waals surface area contributed by atoms with Crippen LogP contribution in [-0.2, 0) is 9.53 Å². The summed E-state index contributed by atoms with van der Waals surface area (Å²) in [5.41, 5.74) is 1.70. The first-order chi connectivity index (χ1) is 18.4. The molecule has 0 bridgehead atoms. The van der Waals surface area contributed by atoms with Gasteiger partial charge in [0.15, 0.2) is 0 Å². The molecule has 0 spiro atoms. The van der Waals surface area contributed by atoms with Crippen molar-refractivity contribution in [1.29, 1.82) is 0 Å². The van der Waals surface area contributed by atoms with Gasteiger partial charge in [-0.1, -0.05) is 17.9 Å². The third kappa shape index (κ3) is 8.89. The Bertz CT molecular complexity index is 1620. The first kappa shape index (κ1) is 28.7. The van der Waals surface area contributed by atoms with Gasteiger partial charge >= 0.3 is 12.0 Å². The van der Waals surface area contributed by atoms with Gasteiger partial charge in [0.25, 0.3) is 0 Å². The summed E-state index contributed by atoms with van der Waals surface area (Å²) in [5.74, 6) is 36.5. The number of carbonyl (C=O) groups is 2. The monoisotopic (exact) mass is 526 g/mol. The fourth-order valence-corrected chi connectivity index (χ4v) is 3.16. The normalized spacial score (nSPS) is 12.5. The van der Waals surface area contributed by atoms with Gasteiger partial charge in [-0.2, -0.15) is 0 Å². The molecule has 1 aliphatic rings. The molecule has 1 aromatic rings. The van der Waals surface area contributed by atoms with Crippen LogP contribution in [0.4, 0.5) is 4.79 Å². The minimum Gasteiger partial charge on any atom is -0.493 e. The lowest BCUT2D eigenvalue weighted by Crippen LogP contribution is -2.45. The fraction of sp³-hybridized carbons (Fsp3) is 0.250. The van der Waals surface area contributed by atoms with Crippen molar-refractivity contribution in [2.24, 2.45) is 0 Å². The Balaban J connectivity index is -0.000000117. The number of nitrogens with one attached hydrogen (secondary N) is 2. The van der Waals surface area contributed by atoms with E-state index < -0.39 is 18.0 Å². The lowest BCUT2D eigenvalue weighted by molar-refractivity contribution is -0.143. The summed E-state index contributed by atoms with van der Waals surface area (Å²) in [4.78, 5) is 25.3. The molecule has 0 aliphatic carbocycles. The molecule has 212 valence electrons. The number of carbonyl (C=O) groups excluding carboxylic acids is 2. The number of amides is 2. The van der Waals surface area contributed by atoms with Crippen molar-refractivity contribution in [1.82, 2.24) is 10.6 Å². The minimum atomic E-state index is -0.843. The molecule has 38 heavy (non-hydrogen) atoms. The zero-order valence-electron chi connectivity index (χ0n) is 21.7. The second-order valence-corrected chi connectivity index (χ2v) is 7.55. The summed E-state index contributed by atoms with van der Waals surface area (Å²) in [6.07, 6.45) is -0.343. The highest BCUT2D eigenvalue weighted by molar-refractivity contribution is 5.95. The van der Waals surface area contributed by atoms with E-state index in [0.717, 1.165) is 0 Å². The van der Waals surface area contributed by atoms with Crippen molar-refractivity contribution in [3.8, 4) is 88.6 Å². The average Bonchev–Trinajstić information content (AvgIpc) is 2.86. The molecular formula is C32H50N2O4. The van der Waals surface area contributed by atoms with Gasteiger partial charge in [0.05, 0.1) is 24.3 Å². The van der Waals surface area contributed by atoms with E-state index in [0.29, 0.717) is 29.2 Å². The van der Waals surface area contributed by atoms with E-state index in [-0.39, 0.29) is 30.2 Å². The maximum Gasteiger partial charge on any atom is 0.338 e. The highest BCUT2D eigenvalue weighted by Gasteiger charge is 2.35. The number of benzene rings is 1. The van der Waals surface area contributed by atoms with Crippen LogP contribution >= 0.6 is 0 Å². The zero-order chi connectivity index (χ0) is 27.8. The number of hydrogen-bond acceptors (Lipinski definition) is 4. The number of rotatable bonds is 5. The largest absolute Gasteiger partial charge is 0.493 e. The topological polar surface area (TPSA) is 76.7 Å². The summed E-state index contributed by atoms with van der Waals surface area (Å²) in [7, 11) is 0. The Hall–Kier alpha value is -5.58. The van der Waals surface area contributed by atoms with Gasteiger partial charge in [0.1, 0.15) is 5.75 Å². The standard InChI is InChI=1S/C32H24N2O4.13H2/c1-6-8-9-10-11-12-13-14-15-16-17-18-19-21-26-22-20-23-27(37-7-2)29(26)30-28(31(35)38-24(3)4)25(5)33-32(36)34-30;;;;;;;;;;;;;/h20,22-24,30H,7H2,1-5H3,(H2,33,34,36);13*1H. The molecule has 0 saturated heterocycles. The average molecular weight is 527 g/mol. The second kappa shape index (κ2) is 15.4. The van der Waals surface area contributed by atoms with Crippen molar-refractivity contribution >= 4 is 12.0 Å². The maximum absolute atomic E-state index is 13.0. The van der Waals surface area contributed by atoms with Gasteiger partial charge in [-0.3, -0.25) is 0 Å². The van der Waals surface area contributed by atoms with Crippen LogP contribution in [0.1, 0.15) is 70.3 Å². The van der Waals surface area contributed by atoms with E-state index in [1.807, 2.05) is 6.92 Å². The van der Waals surface area contributed by atoms with Crippen LogP contribution in [0.15, 0.2) is 29.5 Å². The molecule has 1 unspecified atom stereocenters. The van der Waals surface area contributed by atoms with Gasteiger partial charge in [-0.15, -0.1) is 0 Å². The highest BCUT2D eigenvalue weighted by Crippen LogP contribution is 2.36. The van der Waals surface area contributed by atoms with E-state index >= 15 is 0 Å². The molecule has 2 rings (SSSR count). The molecule has 1 aliphatic heterocycles. The quantitative estimate of drug-likeness (QED) is 0.351. The number of esters is 1. The first-order valence-electron chi connectivity index (χ1n) is 11.6. The van der Waals surface area contributed by atoms with Crippen LogP contribution in [0.25, 0.3) is 0 Å². The van der Waals surface area contributed by atoms with Crippen LogP contribution in [0.2, 0.25) is 0 Å². The third-order valence-electron chi connectivity index (χ3n) is 4.50. The van der Waals surface area contributed by atoms with Crippen LogP contribution in [0.5, 0.6) is 5.75 Å². The SMILES string of the molecule is CC#CC#CC#CC#CC#CC#CC#Cc1cccc(OCC)c1C1NC(=O)NC(C)=C1C(=O)OC(C)C.[HH].[HH].[HH].[HH].[HH].[HH].[HH].[HH].[HH].[HH].[HH].[HH].[HH]. The summed E-state index contributed by atoms with van der Waals surface area (Å²) < 4.78 is 11.3. The first-order valence-corrected chi connectivity index (χ1v) is 11.6. The Morgan fingerprint density at radius 2 is 1.55 bits per heavy atom. The van der Waals surface area contributed by atoms with Gasteiger partial charge in [-0.25, -0.2) is 9.59 Å². The summed E-state index contributed by atoms with van der Waals surface area (Å²) in [6.45, 7) is 9.05. The van der Waals surface area contributed by atoms with E-state index in [1.165, 1.54) is 0 Å². The van der Waals surface area contributed by atoms with Gasteiger partial charge in [-0.05, 0) is 118 Å². The Kier molecular flexibility index (Phi) is 11.6. The Labute approximate surface area is 243 Å². The number of ether oxygens (including phenoxy) is 2. The summed E-state index contributed by atoms with van der Waals surface area (Å²) in [6, 6.07) is 3.98. The van der Waals surface area contributed by atoms with Crippen molar-refractivity contribution in [3.05, 3.63) is 40.6 Å². The lowest BCUT2D eigenvalue weighted by atomic mass is 9.91. The summed E-state index contributed by atoms with van der Waals surface area (Å²) >= 11 is 0. The van der Waals surface area contributed by atoms with Gasteiger partial charge in [0, 0.05) is 35.4 Å². The van der Waals surface area contributed by atoms with Crippen LogP contribution < -0.4 is 15.4 Å². The van der Waals surface area contributed by atoms with Crippen molar-refractivity contribution in [3.63, 3.8) is 0 Å². The molecule has 0 fully saturated rings. The zero-order valence-corrected chi connectivity index (χ0v) is 21.7. The molecule has 6 nitrogen and oxygen atoms in total. The Morgan fingerprint density at radius 1 is 0.974 bits per heavy atom. The molecule has 2 N–H and O–H groups in total. The smallest absolute Gasteiger partial charge is 0.338 e. The number of urea groups is 1. The number of hydrogen-bond donors (Lipinski definition) is 2. The highest BCUT2D eigenvalue weighted by atomic mass is 16.5. The second-order valence-electron chi connectivity index (χ2n) is 7.55. The molecule has 6 heteroatoms. The predicted molar refractivity (Wildman–Crippen MR) is 173 cm³/mol. The maximum atomic E-state index is 13.0. The summed E-state index contributed by atoms with van der Waals surface area (Å²) in [5, 5.41) is 5.43. The molecule has 0 radical (unpaired) electrons. The molecule has 1 atom stereocenters. The third-order valence-corrected chi connectivity index (χ3v) is 4.50. The molecule has 2 amide bonds. The van der Waals surface area contributed by atoms with Crippen LogP contribution in [0, 0.1) is 82.9 Å². The van der Waals surface area contributed by atoms with Crippen molar-refractivity contribution < 1.29 is 37.6 Å². The van der Waals surface area contributed by atoms with Crippen LogP contribution in [0.3, 0.4) is 0 Å². The molecule has 0 saturated carbocycles. The van der Waals surface area contributed by atoms with Crippen molar-refractivity contribution in [2.75, 3.05) is 6.61 Å². The predicted octanol–water partition coefficient (Wildman–Crippen LogP) is 6.25. The Morgan fingerprint density at radius 3 is 2.11 bits per heavy atom. The van der Waals surface area contributed by atoms with Gasteiger partial charge < -0.3 is 20.1 Å².